The van der Waals surface area contributed by atoms with Crippen LogP contribution in [-0.2, 0) is 19.1 Å². The van der Waals surface area contributed by atoms with Crippen molar-refractivity contribution in [2.75, 3.05) is 13.2 Å². The van der Waals surface area contributed by atoms with Crippen LogP contribution in [0.15, 0.2) is 12.2 Å². The summed E-state index contributed by atoms with van der Waals surface area (Å²) in [4.78, 5) is 25.0. The Morgan fingerprint density at radius 1 is 1.28 bits per heavy atom. The Balaban J connectivity index is 1.68. The minimum absolute atomic E-state index is 0.146. The molecule has 7 nitrogen and oxygen atoms in total. The highest BCUT2D eigenvalue weighted by Gasteiger charge is 2.85. The SMILES string of the molecule is C=C1C(=O)[C@]23[C@H](O)[C@H]1CC[C@H]2[C@]12CCC[C@@](C)(COC(C)=O)[C@H]1[C@H](O)[C@@]3(O)OC2. The molecule has 0 unspecified atom stereocenters. The van der Waals surface area contributed by atoms with E-state index < -0.39 is 46.1 Å². The first kappa shape index (κ1) is 19.7. The van der Waals surface area contributed by atoms with Gasteiger partial charge in [0.1, 0.15) is 11.5 Å². The number of ketones is 1. The zero-order chi connectivity index (χ0) is 21.0. The summed E-state index contributed by atoms with van der Waals surface area (Å²) < 4.78 is 11.3. The molecule has 7 heteroatoms. The number of fused-ring (bicyclic) bond motifs is 2. The second-order valence-electron chi connectivity index (χ2n) is 10.3. The van der Waals surface area contributed by atoms with Gasteiger partial charge >= 0.3 is 5.97 Å². The second kappa shape index (κ2) is 5.69. The molecule has 0 aromatic rings. The Labute approximate surface area is 170 Å². The second-order valence-corrected chi connectivity index (χ2v) is 10.3. The molecule has 6 rings (SSSR count). The molecule has 2 saturated heterocycles. The van der Waals surface area contributed by atoms with Crippen LogP contribution in [0.25, 0.3) is 0 Å². The predicted molar refractivity (Wildman–Crippen MR) is 100 cm³/mol. The third kappa shape index (κ3) is 1.94. The molecular weight excluding hydrogens is 376 g/mol. The first-order valence-corrected chi connectivity index (χ1v) is 10.7. The van der Waals surface area contributed by atoms with E-state index >= 15 is 0 Å². The average molecular weight is 406 g/mol. The molecule has 0 aromatic carbocycles. The van der Waals surface area contributed by atoms with Gasteiger partial charge in [0.15, 0.2) is 5.78 Å². The van der Waals surface area contributed by atoms with Crippen molar-refractivity contribution in [1.82, 2.24) is 0 Å². The third-order valence-corrected chi connectivity index (χ3v) is 9.21. The maximum absolute atomic E-state index is 13.5. The molecule has 29 heavy (non-hydrogen) atoms. The number of Topliss-reactive ketones (excluding diaryl/α,β-unsaturated/α-hetero) is 1. The maximum Gasteiger partial charge on any atom is 0.302 e. The minimum Gasteiger partial charge on any atom is -0.465 e. The van der Waals surface area contributed by atoms with Crippen molar-refractivity contribution in [1.29, 1.82) is 0 Å². The standard InChI is InChI=1S/C22H30O7/c1-11-13-5-6-14-20-8-4-7-19(3,9-28-12(2)23)15(20)18(26)22(27,29-10-20)21(14,16(11)24)17(13)25/h13-15,17-18,25-27H,1,4-10H2,2-3H3/t13-,14-,15+,17+,18-,19-,20+,21-,22+/m0/s1. The lowest BCUT2D eigenvalue weighted by Gasteiger charge is -2.74. The molecular formula is C22H30O7. The Hall–Kier alpha value is -1.28. The van der Waals surface area contributed by atoms with Crippen molar-refractivity contribution in [3.8, 4) is 0 Å². The van der Waals surface area contributed by atoms with Gasteiger partial charge in [-0.1, -0.05) is 19.9 Å². The molecule has 2 heterocycles. The smallest absolute Gasteiger partial charge is 0.302 e. The zero-order valence-electron chi connectivity index (χ0n) is 17.0. The molecule has 6 aliphatic rings. The molecule has 2 spiro atoms. The Morgan fingerprint density at radius 3 is 2.69 bits per heavy atom. The largest absolute Gasteiger partial charge is 0.465 e. The molecule has 9 atom stereocenters. The van der Waals surface area contributed by atoms with Crippen LogP contribution in [0.4, 0.5) is 0 Å². The summed E-state index contributed by atoms with van der Waals surface area (Å²) in [5, 5.41) is 34.5. The number of carbonyl (C=O) groups excluding carboxylic acids is 2. The predicted octanol–water partition coefficient (Wildman–Crippen LogP) is 0.948. The van der Waals surface area contributed by atoms with Gasteiger partial charge in [0, 0.05) is 29.6 Å². The molecule has 0 radical (unpaired) electrons. The zero-order valence-corrected chi connectivity index (χ0v) is 17.0. The summed E-state index contributed by atoms with van der Waals surface area (Å²) >= 11 is 0. The summed E-state index contributed by atoms with van der Waals surface area (Å²) in [5.41, 5.74) is -2.35. The van der Waals surface area contributed by atoms with Crippen LogP contribution in [0.2, 0.25) is 0 Å². The van der Waals surface area contributed by atoms with Gasteiger partial charge in [0.25, 0.3) is 0 Å². The van der Waals surface area contributed by atoms with Gasteiger partial charge in [0.05, 0.1) is 19.3 Å². The highest BCUT2D eigenvalue weighted by molar-refractivity contribution is 6.05. The van der Waals surface area contributed by atoms with Crippen LogP contribution in [0.3, 0.4) is 0 Å². The van der Waals surface area contributed by atoms with E-state index in [9.17, 15) is 24.9 Å². The number of esters is 1. The van der Waals surface area contributed by atoms with E-state index in [-0.39, 0.29) is 30.9 Å². The van der Waals surface area contributed by atoms with Crippen LogP contribution in [0, 0.1) is 34.0 Å². The number of ether oxygens (including phenoxy) is 2. The fraction of sp³-hybridized carbons (Fsp3) is 0.818. The molecule has 3 N–H and O–H groups in total. The van der Waals surface area contributed by atoms with Gasteiger partial charge in [-0.25, -0.2) is 0 Å². The molecule has 160 valence electrons. The summed E-state index contributed by atoms with van der Waals surface area (Å²) in [7, 11) is 0. The number of hydrogen-bond donors (Lipinski definition) is 3. The van der Waals surface area contributed by atoms with E-state index in [0.717, 1.165) is 19.3 Å². The Morgan fingerprint density at radius 2 is 2.00 bits per heavy atom. The Bertz CT molecular complexity index is 809. The van der Waals surface area contributed by atoms with Crippen molar-refractivity contribution >= 4 is 11.8 Å². The fourth-order valence-electron chi connectivity index (χ4n) is 8.24. The molecule has 0 aromatic heterocycles. The van der Waals surface area contributed by atoms with Gasteiger partial charge in [0.2, 0.25) is 5.79 Å². The van der Waals surface area contributed by atoms with Crippen LogP contribution in [0.5, 0.6) is 0 Å². The van der Waals surface area contributed by atoms with Crippen LogP contribution in [-0.4, -0.2) is 58.3 Å². The van der Waals surface area contributed by atoms with Crippen molar-refractivity contribution in [2.24, 2.45) is 34.0 Å². The van der Waals surface area contributed by atoms with Gasteiger partial charge in [-0.3, -0.25) is 9.59 Å². The van der Waals surface area contributed by atoms with E-state index in [1.54, 1.807) is 0 Å². The molecule has 2 aliphatic heterocycles. The first-order valence-electron chi connectivity index (χ1n) is 10.7. The monoisotopic (exact) mass is 406 g/mol. The first-order chi connectivity index (χ1) is 13.6. The van der Waals surface area contributed by atoms with E-state index in [1.807, 2.05) is 6.92 Å². The van der Waals surface area contributed by atoms with E-state index in [1.165, 1.54) is 6.92 Å². The van der Waals surface area contributed by atoms with Gasteiger partial charge in [-0.2, -0.15) is 0 Å². The quantitative estimate of drug-likeness (QED) is 0.462. The van der Waals surface area contributed by atoms with E-state index in [2.05, 4.69) is 6.58 Å². The number of aliphatic hydroxyl groups is 3. The summed E-state index contributed by atoms with van der Waals surface area (Å²) in [6.45, 7) is 7.63. The lowest BCUT2D eigenvalue weighted by atomic mass is 9.36. The Kier molecular flexibility index (Phi) is 3.86. The van der Waals surface area contributed by atoms with Gasteiger partial charge in [-0.05, 0) is 37.2 Å². The molecule has 6 fully saturated rings. The highest BCUT2D eigenvalue weighted by Crippen LogP contribution is 2.76. The van der Waals surface area contributed by atoms with Crippen molar-refractivity contribution in [3.63, 3.8) is 0 Å². The molecule has 4 aliphatic carbocycles. The van der Waals surface area contributed by atoms with Crippen LogP contribution >= 0.6 is 0 Å². The van der Waals surface area contributed by atoms with Crippen molar-refractivity contribution < 1.29 is 34.4 Å². The number of hydrogen-bond acceptors (Lipinski definition) is 7. The summed E-state index contributed by atoms with van der Waals surface area (Å²) in [6, 6.07) is 0. The van der Waals surface area contributed by atoms with Gasteiger partial charge < -0.3 is 24.8 Å². The molecule has 4 saturated carbocycles. The average Bonchev–Trinajstić information content (AvgIpc) is 2.77. The highest BCUT2D eigenvalue weighted by atomic mass is 16.6. The summed E-state index contributed by atoms with van der Waals surface area (Å²) in [6.07, 6.45) is 1.15. The lowest BCUT2D eigenvalue weighted by molar-refractivity contribution is -0.450. The maximum atomic E-state index is 13.5. The molecule has 4 bridgehead atoms. The number of carbonyl (C=O) groups is 2. The third-order valence-electron chi connectivity index (χ3n) is 9.21. The topological polar surface area (TPSA) is 113 Å². The van der Waals surface area contributed by atoms with Crippen molar-refractivity contribution in [2.45, 2.75) is 63.9 Å². The number of rotatable bonds is 2. The molecule has 0 amide bonds. The minimum atomic E-state index is -2.17. The van der Waals surface area contributed by atoms with Crippen LogP contribution in [0.1, 0.15) is 46.0 Å². The normalized spacial score (nSPS) is 55.4. The number of aliphatic hydroxyl groups excluding tert-OH is 2. The van der Waals surface area contributed by atoms with E-state index in [0.29, 0.717) is 18.4 Å². The fourth-order valence-corrected chi connectivity index (χ4v) is 8.24. The van der Waals surface area contributed by atoms with Gasteiger partial charge in [-0.15, -0.1) is 0 Å². The summed E-state index contributed by atoms with van der Waals surface area (Å²) in [5.74, 6) is -4.02. The van der Waals surface area contributed by atoms with Crippen LogP contribution < -0.4 is 0 Å². The van der Waals surface area contributed by atoms with E-state index in [4.69, 9.17) is 9.47 Å². The lowest BCUT2D eigenvalue weighted by Crippen LogP contribution is -2.84. The van der Waals surface area contributed by atoms with Crippen molar-refractivity contribution in [3.05, 3.63) is 12.2 Å².